The van der Waals surface area contributed by atoms with Crippen molar-refractivity contribution in [3.05, 3.63) is 23.8 Å². The first kappa shape index (κ1) is 16.9. The molecule has 0 bridgehead atoms. The highest BCUT2D eigenvalue weighted by Crippen LogP contribution is 2.49. The minimum absolute atomic E-state index is 0.182. The number of anilines is 2. The maximum atomic E-state index is 12.2. The van der Waals surface area contributed by atoms with Crippen LogP contribution in [0.1, 0.15) is 45.6 Å². The monoisotopic (exact) mass is 331 g/mol. The molecule has 1 saturated carbocycles. The minimum Gasteiger partial charge on any atom is -0.444 e. The van der Waals surface area contributed by atoms with Crippen LogP contribution in [0.4, 0.5) is 16.2 Å². The molecule has 1 saturated heterocycles. The molecule has 2 fully saturated rings. The molecule has 0 aromatic heterocycles. The lowest BCUT2D eigenvalue weighted by molar-refractivity contribution is 0.0237. The van der Waals surface area contributed by atoms with Gasteiger partial charge in [-0.3, -0.25) is 0 Å². The van der Waals surface area contributed by atoms with Crippen LogP contribution in [-0.4, -0.2) is 35.7 Å². The molecule has 5 nitrogen and oxygen atoms in total. The van der Waals surface area contributed by atoms with Crippen LogP contribution in [0.15, 0.2) is 18.2 Å². The van der Waals surface area contributed by atoms with Crippen molar-refractivity contribution in [1.29, 1.82) is 0 Å². The molecule has 1 aromatic rings. The van der Waals surface area contributed by atoms with E-state index in [4.69, 9.17) is 10.5 Å². The molecule has 132 valence electrons. The zero-order valence-corrected chi connectivity index (χ0v) is 15.2. The van der Waals surface area contributed by atoms with E-state index in [9.17, 15) is 4.79 Å². The van der Waals surface area contributed by atoms with Crippen LogP contribution in [0.2, 0.25) is 0 Å². The summed E-state index contributed by atoms with van der Waals surface area (Å²) in [6.07, 6.45) is 3.05. The summed E-state index contributed by atoms with van der Waals surface area (Å²) in [5, 5.41) is 3.56. The van der Waals surface area contributed by atoms with Gasteiger partial charge in [0.05, 0.1) is 11.4 Å². The molecule has 0 atom stereocenters. The first-order valence-electron chi connectivity index (χ1n) is 8.77. The third kappa shape index (κ3) is 3.45. The zero-order chi connectivity index (χ0) is 17.5. The van der Waals surface area contributed by atoms with Crippen LogP contribution >= 0.6 is 0 Å². The Hall–Kier alpha value is -1.91. The maximum Gasteiger partial charge on any atom is 0.410 e. The fourth-order valence-electron chi connectivity index (χ4n) is 3.86. The van der Waals surface area contributed by atoms with E-state index in [1.54, 1.807) is 0 Å². The first-order valence-corrected chi connectivity index (χ1v) is 8.77. The Kier molecular flexibility index (Phi) is 4.14. The SMILES string of the molecule is Cc1cccc(N[C@H]2C[C@@]3(CCN(C(=O)OC(C)(C)C)C3)C2)c1N. The van der Waals surface area contributed by atoms with Gasteiger partial charge in [-0.1, -0.05) is 12.1 Å². The molecule has 0 radical (unpaired) electrons. The lowest BCUT2D eigenvalue weighted by Gasteiger charge is -2.46. The summed E-state index contributed by atoms with van der Waals surface area (Å²) in [4.78, 5) is 14.1. The van der Waals surface area contributed by atoms with Crippen molar-refractivity contribution in [2.75, 3.05) is 24.1 Å². The van der Waals surface area contributed by atoms with Gasteiger partial charge in [-0.15, -0.1) is 0 Å². The number of hydrogen-bond acceptors (Lipinski definition) is 4. The molecule has 1 heterocycles. The van der Waals surface area contributed by atoms with Gasteiger partial charge in [0.15, 0.2) is 0 Å². The minimum atomic E-state index is -0.431. The van der Waals surface area contributed by atoms with Crippen molar-refractivity contribution in [3.63, 3.8) is 0 Å². The molecule has 5 heteroatoms. The number of amides is 1. The summed E-state index contributed by atoms with van der Waals surface area (Å²) < 4.78 is 5.49. The number of likely N-dealkylation sites (tertiary alicyclic amines) is 1. The van der Waals surface area contributed by atoms with Gasteiger partial charge in [0.1, 0.15) is 5.60 Å². The zero-order valence-electron chi connectivity index (χ0n) is 15.2. The van der Waals surface area contributed by atoms with Gasteiger partial charge < -0.3 is 20.7 Å². The van der Waals surface area contributed by atoms with Crippen LogP contribution in [-0.2, 0) is 4.74 Å². The molecule has 3 N–H and O–H groups in total. The van der Waals surface area contributed by atoms with Crippen LogP contribution in [0.5, 0.6) is 0 Å². The van der Waals surface area contributed by atoms with Crippen LogP contribution < -0.4 is 11.1 Å². The summed E-state index contributed by atoms with van der Waals surface area (Å²) >= 11 is 0. The van der Waals surface area contributed by atoms with Crippen LogP contribution in [0.3, 0.4) is 0 Å². The van der Waals surface area contributed by atoms with E-state index in [1.165, 1.54) is 0 Å². The molecule has 1 amide bonds. The topological polar surface area (TPSA) is 67.6 Å². The molecule has 2 aliphatic rings. The molecule has 1 aliphatic carbocycles. The Morgan fingerprint density at radius 3 is 2.75 bits per heavy atom. The molecule has 0 unspecified atom stereocenters. The van der Waals surface area contributed by atoms with Gasteiger partial charge in [0, 0.05) is 19.1 Å². The number of ether oxygens (including phenoxy) is 1. The molecule has 1 spiro atoms. The molecule has 3 rings (SSSR count). The predicted octanol–water partition coefficient (Wildman–Crippen LogP) is 3.78. The number of aryl methyl sites for hydroxylation is 1. The normalized spacial score (nSPS) is 26.3. The van der Waals surface area contributed by atoms with Gasteiger partial charge in [-0.2, -0.15) is 0 Å². The first-order chi connectivity index (χ1) is 11.2. The second-order valence-electron chi connectivity index (χ2n) is 8.44. The maximum absolute atomic E-state index is 12.2. The van der Waals surface area contributed by atoms with E-state index >= 15 is 0 Å². The number of nitrogens with one attached hydrogen (secondary N) is 1. The highest BCUT2D eigenvalue weighted by atomic mass is 16.6. The van der Waals surface area contributed by atoms with Crippen LogP contribution in [0, 0.1) is 12.3 Å². The van der Waals surface area contributed by atoms with Crippen molar-refractivity contribution in [1.82, 2.24) is 4.90 Å². The van der Waals surface area contributed by atoms with Gasteiger partial charge in [0.25, 0.3) is 0 Å². The summed E-state index contributed by atoms with van der Waals surface area (Å²) in [6.45, 7) is 9.36. The van der Waals surface area contributed by atoms with Gasteiger partial charge in [0.2, 0.25) is 0 Å². The Balaban J connectivity index is 1.53. The van der Waals surface area contributed by atoms with E-state index in [-0.39, 0.29) is 11.5 Å². The second-order valence-corrected chi connectivity index (χ2v) is 8.44. The van der Waals surface area contributed by atoms with Crippen molar-refractivity contribution < 1.29 is 9.53 Å². The number of nitrogens with zero attached hydrogens (tertiary/aromatic N) is 1. The largest absolute Gasteiger partial charge is 0.444 e. The fourth-order valence-corrected chi connectivity index (χ4v) is 3.86. The summed E-state index contributed by atoms with van der Waals surface area (Å²) in [6, 6.07) is 6.53. The highest BCUT2D eigenvalue weighted by molar-refractivity contribution is 5.70. The summed E-state index contributed by atoms with van der Waals surface area (Å²) in [5.74, 6) is 0. The lowest BCUT2D eigenvalue weighted by atomic mass is 9.65. The standard InChI is InChI=1S/C19H29N3O2/c1-13-6-5-7-15(16(13)20)21-14-10-19(11-14)8-9-22(12-19)17(23)24-18(2,3)4/h5-7,14,21H,8-12,20H2,1-4H3/t14-,19-. The van der Waals surface area contributed by atoms with Gasteiger partial charge in [-0.25, -0.2) is 4.79 Å². The van der Waals surface area contributed by atoms with Gasteiger partial charge >= 0.3 is 6.09 Å². The highest BCUT2D eigenvalue weighted by Gasteiger charge is 2.50. The lowest BCUT2D eigenvalue weighted by Crippen LogP contribution is -2.47. The quantitative estimate of drug-likeness (QED) is 0.809. The van der Waals surface area contributed by atoms with E-state index in [0.717, 1.165) is 49.3 Å². The third-order valence-electron chi connectivity index (χ3n) is 5.13. The third-order valence-corrected chi connectivity index (χ3v) is 5.13. The number of para-hydroxylation sites is 1. The number of nitrogen functional groups attached to an aromatic ring is 1. The Morgan fingerprint density at radius 2 is 2.08 bits per heavy atom. The van der Waals surface area contributed by atoms with Crippen molar-refractivity contribution in [2.45, 2.75) is 58.6 Å². The van der Waals surface area contributed by atoms with Gasteiger partial charge in [-0.05, 0) is 64.0 Å². The summed E-state index contributed by atoms with van der Waals surface area (Å²) in [5.41, 5.74) is 8.93. The van der Waals surface area contributed by atoms with Crippen molar-refractivity contribution in [3.8, 4) is 0 Å². The van der Waals surface area contributed by atoms with Crippen molar-refractivity contribution >= 4 is 17.5 Å². The summed E-state index contributed by atoms with van der Waals surface area (Å²) in [7, 11) is 0. The molecule has 1 aliphatic heterocycles. The Bertz CT molecular complexity index is 630. The van der Waals surface area contributed by atoms with E-state index < -0.39 is 5.60 Å². The molecule has 1 aromatic carbocycles. The number of carbonyl (C=O) groups excluding carboxylic acids is 1. The number of benzene rings is 1. The number of carbonyl (C=O) groups is 1. The van der Waals surface area contributed by atoms with E-state index in [2.05, 4.69) is 5.32 Å². The smallest absolute Gasteiger partial charge is 0.410 e. The van der Waals surface area contributed by atoms with E-state index in [1.807, 2.05) is 50.8 Å². The van der Waals surface area contributed by atoms with Crippen LogP contribution in [0.25, 0.3) is 0 Å². The number of nitrogens with two attached hydrogens (primary N) is 1. The Morgan fingerprint density at radius 1 is 1.38 bits per heavy atom. The molecule has 24 heavy (non-hydrogen) atoms. The fraction of sp³-hybridized carbons (Fsp3) is 0.632. The number of hydrogen-bond donors (Lipinski definition) is 2. The average Bonchev–Trinajstić information content (AvgIpc) is 2.87. The molecular weight excluding hydrogens is 302 g/mol. The van der Waals surface area contributed by atoms with E-state index in [0.29, 0.717) is 6.04 Å². The second kappa shape index (κ2) is 5.87. The number of rotatable bonds is 2. The average molecular weight is 331 g/mol. The predicted molar refractivity (Wildman–Crippen MR) is 97.1 cm³/mol. The Labute approximate surface area is 144 Å². The molecular formula is C19H29N3O2. The van der Waals surface area contributed by atoms with Crippen molar-refractivity contribution in [2.24, 2.45) is 5.41 Å².